The van der Waals surface area contributed by atoms with E-state index in [2.05, 4.69) is 5.32 Å². The number of ether oxygens (including phenoxy) is 2. The molecule has 1 heterocycles. The summed E-state index contributed by atoms with van der Waals surface area (Å²) in [6.45, 7) is 2.36. The summed E-state index contributed by atoms with van der Waals surface area (Å²) in [5.74, 6) is -0.253. The smallest absolute Gasteiger partial charge is 0.269 e. The number of carbonyl (C=O) groups excluding carboxylic acids is 2. The van der Waals surface area contributed by atoms with Crippen LogP contribution in [0.4, 0.5) is 15.8 Å². The molecule has 4 rings (SSSR count). The molecule has 1 unspecified atom stereocenters. The van der Waals surface area contributed by atoms with Gasteiger partial charge in [-0.3, -0.25) is 14.5 Å². The van der Waals surface area contributed by atoms with E-state index < -0.39 is 11.2 Å². The first-order valence-electron chi connectivity index (χ1n) is 11.5. The highest BCUT2D eigenvalue weighted by molar-refractivity contribution is 8.05. The van der Waals surface area contributed by atoms with Crippen LogP contribution >= 0.6 is 11.8 Å². The third-order valence-electron chi connectivity index (χ3n) is 5.60. The number of carbonyl (C=O) groups is 2. The van der Waals surface area contributed by atoms with Gasteiger partial charge in [0.1, 0.15) is 34.0 Å². The SMILES string of the molecule is CCOc1ccc(N2C(=O)C(Cc3ccc(F)cc3)S/C2=C(/C#N)C(=O)Nc2ccccc2OC)cc1. The van der Waals surface area contributed by atoms with E-state index in [0.29, 0.717) is 35.9 Å². The van der Waals surface area contributed by atoms with Gasteiger partial charge in [0.05, 0.1) is 24.7 Å². The van der Waals surface area contributed by atoms with Crippen LogP contribution in [0.15, 0.2) is 83.4 Å². The molecule has 7 nitrogen and oxygen atoms in total. The van der Waals surface area contributed by atoms with Gasteiger partial charge in [0, 0.05) is 5.69 Å². The maximum absolute atomic E-state index is 13.6. The predicted octanol–water partition coefficient (Wildman–Crippen LogP) is 5.30. The summed E-state index contributed by atoms with van der Waals surface area (Å²) in [4.78, 5) is 28.3. The first-order valence-corrected chi connectivity index (χ1v) is 12.4. The third kappa shape index (κ3) is 5.76. The summed E-state index contributed by atoms with van der Waals surface area (Å²) in [5, 5.41) is 12.3. The lowest BCUT2D eigenvalue weighted by Crippen LogP contribution is -2.30. The van der Waals surface area contributed by atoms with E-state index in [4.69, 9.17) is 9.47 Å². The molecule has 1 aliphatic heterocycles. The lowest BCUT2D eigenvalue weighted by molar-refractivity contribution is -0.117. The van der Waals surface area contributed by atoms with E-state index in [1.54, 1.807) is 60.7 Å². The molecule has 0 aliphatic carbocycles. The number of halogens is 1. The van der Waals surface area contributed by atoms with Gasteiger partial charge >= 0.3 is 0 Å². The predicted molar refractivity (Wildman–Crippen MR) is 141 cm³/mol. The van der Waals surface area contributed by atoms with Crippen molar-refractivity contribution in [2.75, 3.05) is 23.9 Å². The quantitative estimate of drug-likeness (QED) is 0.322. The maximum Gasteiger partial charge on any atom is 0.269 e. The van der Waals surface area contributed by atoms with Gasteiger partial charge in [-0.05, 0) is 67.4 Å². The molecule has 1 atom stereocenters. The fourth-order valence-electron chi connectivity index (χ4n) is 3.85. The Balaban J connectivity index is 1.72. The summed E-state index contributed by atoms with van der Waals surface area (Å²) >= 11 is 1.13. The number of hydrogen-bond donors (Lipinski definition) is 1. The highest BCUT2D eigenvalue weighted by Gasteiger charge is 2.41. The van der Waals surface area contributed by atoms with Crippen LogP contribution in [0.1, 0.15) is 12.5 Å². The monoisotopic (exact) mass is 517 g/mol. The summed E-state index contributed by atoms with van der Waals surface area (Å²) in [5.41, 5.74) is 1.44. The Morgan fingerprint density at radius 2 is 1.81 bits per heavy atom. The van der Waals surface area contributed by atoms with Gasteiger partial charge in [-0.1, -0.05) is 36.0 Å². The van der Waals surface area contributed by atoms with Gasteiger partial charge < -0.3 is 14.8 Å². The number of nitrogens with zero attached hydrogens (tertiary/aromatic N) is 2. The van der Waals surface area contributed by atoms with E-state index in [9.17, 15) is 19.2 Å². The zero-order chi connectivity index (χ0) is 26.4. The molecule has 0 radical (unpaired) electrons. The molecule has 188 valence electrons. The van der Waals surface area contributed by atoms with E-state index in [0.717, 1.165) is 17.3 Å². The first kappa shape index (κ1) is 25.8. The lowest BCUT2D eigenvalue weighted by atomic mass is 10.1. The summed E-state index contributed by atoms with van der Waals surface area (Å²) in [6, 6.07) is 21.6. The van der Waals surface area contributed by atoms with Crippen LogP contribution < -0.4 is 19.7 Å². The van der Waals surface area contributed by atoms with Crippen molar-refractivity contribution in [1.29, 1.82) is 5.26 Å². The van der Waals surface area contributed by atoms with E-state index in [-0.39, 0.29) is 22.3 Å². The molecule has 0 bridgehead atoms. The molecule has 0 saturated carbocycles. The van der Waals surface area contributed by atoms with Crippen molar-refractivity contribution >= 4 is 35.0 Å². The second kappa shape index (κ2) is 11.6. The number of anilines is 2. The Kier molecular flexibility index (Phi) is 8.11. The van der Waals surface area contributed by atoms with Crippen LogP contribution in [0, 0.1) is 17.1 Å². The second-order valence-electron chi connectivity index (χ2n) is 7.98. The normalized spacial score (nSPS) is 16.2. The number of thioether (sulfide) groups is 1. The minimum Gasteiger partial charge on any atom is -0.495 e. The number of nitrogens with one attached hydrogen (secondary N) is 1. The van der Waals surface area contributed by atoms with Crippen molar-refractivity contribution in [2.24, 2.45) is 0 Å². The fraction of sp³-hybridized carbons (Fsp3) is 0.179. The topological polar surface area (TPSA) is 91.7 Å². The van der Waals surface area contributed by atoms with Gasteiger partial charge in [0.25, 0.3) is 5.91 Å². The van der Waals surface area contributed by atoms with Crippen molar-refractivity contribution in [3.63, 3.8) is 0 Å². The number of para-hydroxylation sites is 2. The molecule has 3 aromatic rings. The largest absolute Gasteiger partial charge is 0.495 e. The Bertz CT molecular complexity index is 1370. The fourth-order valence-corrected chi connectivity index (χ4v) is 5.16. The summed E-state index contributed by atoms with van der Waals surface area (Å²) < 4.78 is 24.2. The minimum atomic E-state index is -0.666. The second-order valence-corrected chi connectivity index (χ2v) is 9.18. The average molecular weight is 518 g/mol. The molecule has 9 heteroatoms. The molecule has 0 aromatic heterocycles. The van der Waals surface area contributed by atoms with Crippen LogP contribution in [-0.2, 0) is 16.0 Å². The van der Waals surface area contributed by atoms with Crippen molar-refractivity contribution in [1.82, 2.24) is 0 Å². The van der Waals surface area contributed by atoms with Crippen molar-refractivity contribution in [3.8, 4) is 17.6 Å². The Morgan fingerprint density at radius 1 is 1.11 bits per heavy atom. The Labute approximate surface area is 218 Å². The Morgan fingerprint density at radius 3 is 2.46 bits per heavy atom. The number of amides is 2. The van der Waals surface area contributed by atoms with Crippen LogP contribution in [0.3, 0.4) is 0 Å². The van der Waals surface area contributed by atoms with Gasteiger partial charge in [0.2, 0.25) is 5.91 Å². The van der Waals surface area contributed by atoms with Crippen LogP contribution in [0.5, 0.6) is 11.5 Å². The maximum atomic E-state index is 13.6. The molecule has 3 aromatic carbocycles. The van der Waals surface area contributed by atoms with E-state index >= 15 is 0 Å². The highest BCUT2D eigenvalue weighted by Crippen LogP contribution is 2.42. The Hall–Kier alpha value is -4.29. The molecule has 0 spiro atoms. The third-order valence-corrected chi connectivity index (χ3v) is 6.86. The molecule has 1 saturated heterocycles. The molecular weight excluding hydrogens is 493 g/mol. The molecule has 37 heavy (non-hydrogen) atoms. The number of hydrogen-bond acceptors (Lipinski definition) is 6. The molecule has 1 aliphatic rings. The van der Waals surface area contributed by atoms with Gasteiger partial charge in [-0.2, -0.15) is 5.26 Å². The number of benzene rings is 3. The van der Waals surface area contributed by atoms with E-state index in [1.165, 1.54) is 24.1 Å². The minimum absolute atomic E-state index is 0.209. The standard InChI is InChI=1S/C28H24FN3O4S/c1-3-36-21-14-12-20(13-15-21)32-27(34)25(16-18-8-10-19(29)11-9-18)37-28(32)22(17-30)26(33)31-23-6-4-5-7-24(23)35-2/h4-15,25H,3,16H2,1-2H3,(H,31,33)/b28-22-. The lowest BCUT2D eigenvalue weighted by Gasteiger charge is -2.19. The zero-order valence-electron chi connectivity index (χ0n) is 20.2. The molecular formula is C28H24FN3O4S. The van der Waals surface area contributed by atoms with Crippen molar-refractivity contribution < 1.29 is 23.5 Å². The van der Waals surface area contributed by atoms with Gasteiger partial charge in [-0.15, -0.1) is 0 Å². The van der Waals surface area contributed by atoms with Crippen LogP contribution in [0.25, 0.3) is 0 Å². The summed E-state index contributed by atoms with van der Waals surface area (Å²) in [7, 11) is 1.48. The van der Waals surface area contributed by atoms with Gasteiger partial charge in [-0.25, -0.2) is 4.39 Å². The molecule has 1 N–H and O–H groups in total. The molecule has 1 fully saturated rings. The van der Waals surface area contributed by atoms with Crippen LogP contribution in [-0.4, -0.2) is 30.8 Å². The van der Waals surface area contributed by atoms with Crippen molar-refractivity contribution in [2.45, 2.75) is 18.6 Å². The van der Waals surface area contributed by atoms with Crippen LogP contribution in [0.2, 0.25) is 0 Å². The number of methoxy groups -OCH3 is 1. The average Bonchev–Trinajstić information content (AvgIpc) is 3.22. The highest BCUT2D eigenvalue weighted by atomic mass is 32.2. The zero-order valence-corrected chi connectivity index (χ0v) is 21.0. The first-order chi connectivity index (χ1) is 17.9. The molecule has 2 amide bonds. The van der Waals surface area contributed by atoms with E-state index in [1.807, 2.05) is 13.0 Å². The summed E-state index contributed by atoms with van der Waals surface area (Å²) in [6.07, 6.45) is 0.299. The van der Waals surface area contributed by atoms with Gasteiger partial charge in [0.15, 0.2) is 0 Å². The van der Waals surface area contributed by atoms with Crippen molar-refractivity contribution in [3.05, 3.63) is 94.8 Å². The number of rotatable bonds is 8. The number of nitriles is 1.